The topological polar surface area (TPSA) is 92.8 Å². The molecule has 0 unspecified atom stereocenters. The van der Waals surface area contributed by atoms with Crippen molar-refractivity contribution in [3.05, 3.63) is 0 Å². The first-order chi connectivity index (χ1) is 8.54. The number of carbonyl (C=O) groups is 4. The highest BCUT2D eigenvalue weighted by Crippen LogP contribution is 2.13. The Bertz CT molecular complexity index is 355. The standard InChI is InChI=1S/C10H14N2O5S/c1-11-7(13)6-18-5-4-10(16)17-12-8(14)2-3-9(12)15/h2-6H2,1H3,(H,11,13). The van der Waals surface area contributed by atoms with Gasteiger partial charge in [-0.25, -0.2) is 4.79 Å². The van der Waals surface area contributed by atoms with Gasteiger partial charge in [-0.05, 0) is 0 Å². The predicted octanol–water partition coefficient (Wildman–Crippen LogP) is -0.537. The molecule has 8 heteroatoms. The van der Waals surface area contributed by atoms with Crippen molar-refractivity contribution in [2.24, 2.45) is 0 Å². The molecule has 0 aromatic heterocycles. The summed E-state index contributed by atoms with van der Waals surface area (Å²) < 4.78 is 0. The van der Waals surface area contributed by atoms with E-state index < -0.39 is 17.8 Å². The first kappa shape index (κ1) is 14.5. The number of imide groups is 1. The number of hydroxylamine groups is 2. The zero-order chi connectivity index (χ0) is 13.5. The van der Waals surface area contributed by atoms with E-state index in [1.54, 1.807) is 0 Å². The Morgan fingerprint density at radius 3 is 2.50 bits per heavy atom. The monoisotopic (exact) mass is 274 g/mol. The van der Waals surface area contributed by atoms with Crippen molar-refractivity contribution < 1.29 is 24.0 Å². The quantitative estimate of drug-likeness (QED) is 0.516. The second kappa shape index (κ2) is 7.00. The summed E-state index contributed by atoms with van der Waals surface area (Å²) in [5, 5.41) is 2.97. The normalized spacial score (nSPS) is 14.8. The molecular formula is C10H14N2O5S. The van der Waals surface area contributed by atoms with Crippen molar-refractivity contribution in [2.45, 2.75) is 19.3 Å². The molecule has 1 rings (SSSR count). The van der Waals surface area contributed by atoms with Crippen LogP contribution in [0.3, 0.4) is 0 Å². The number of amides is 3. The predicted molar refractivity (Wildman–Crippen MR) is 63.2 cm³/mol. The second-order valence-electron chi connectivity index (χ2n) is 3.52. The molecule has 1 aliphatic heterocycles. The van der Waals surface area contributed by atoms with Gasteiger partial charge in [-0.15, -0.1) is 5.06 Å². The van der Waals surface area contributed by atoms with Crippen molar-refractivity contribution in [3.8, 4) is 0 Å². The summed E-state index contributed by atoms with van der Waals surface area (Å²) in [7, 11) is 1.53. The zero-order valence-electron chi connectivity index (χ0n) is 9.93. The van der Waals surface area contributed by atoms with Gasteiger partial charge in [0.15, 0.2) is 0 Å². The van der Waals surface area contributed by atoms with Crippen LogP contribution >= 0.6 is 11.8 Å². The van der Waals surface area contributed by atoms with E-state index in [1.165, 1.54) is 18.8 Å². The van der Waals surface area contributed by atoms with Gasteiger partial charge in [0.1, 0.15) is 0 Å². The van der Waals surface area contributed by atoms with Crippen LogP contribution in [0.25, 0.3) is 0 Å². The summed E-state index contributed by atoms with van der Waals surface area (Å²) in [6.07, 6.45) is 0.202. The first-order valence-electron chi connectivity index (χ1n) is 5.39. The average Bonchev–Trinajstić information content (AvgIpc) is 2.66. The first-order valence-corrected chi connectivity index (χ1v) is 6.55. The van der Waals surface area contributed by atoms with E-state index >= 15 is 0 Å². The summed E-state index contributed by atoms with van der Waals surface area (Å²) >= 11 is 1.27. The summed E-state index contributed by atoms with van der Waals surface area (Å²) in [4.78, 5) is 49.1. The van der Waals surface area contributed by atoms with E-state index in [1.807, 2.05) is 0 Å². The maximum Gasteiger partial charge on any atom is 0.334 e. The SMILES string of the molecule is CNC(=O)CSCCC(=O)ON1C(=O)CCC1=O. The maximum atomic E-state index is 11.3. The smallest absolute Gasteiger partial charge is 0.334 e. The third kappa shape index (κ3) is 4.36. The molecule has 0 bridgehead atoms. The van der Waals surface area contributed by atoms with E-state index in [0.717, 1.165) is 0 Å². The van der Waals surface area contributed by atoms with Crippen molar-refractivity contribution in [1.29, 1.82) is 0 Å². The van der Waals surface area contributed by atoms with Crippen molar-refractivity contribution in [2.75, 3.05) is 18.6 Å². The summed E-state index contributed by atoms with van der Waals surface area (Å²) in [6.45, 7) is 0. The summed E-state index contributed by atoms with van der Waals surface area (Å²) in [6, 6.07) is 0. The summed E-state index contributed by atoms with van der Waals surface area (Å²) in [5.41, 5.74) is 0. The van der Waals surface area contributed by atoms with E-state index in [0.29, 0.717) is 10.8 Å². The number of hydrogen-bond donors (Lipinski definition) is 1. The fourth-order valence-corrected chi connectivity index (χ4v) is 1.98. The Kier molecular flexibility index (Phi) is 5.63. The highest BCUT2D eigenvalue weighted by atomic mass is 32.2. The molecule has 1 heterocycles. The van der Waals surface area contributed by atoms with Gasteiger partial charge in [0.25, 0.3) is 11.8 Å². The summed E-state index contributed by atoms with van der Waals surface area (Å²) in [5.74, 6) is -1.12. The van der Waals surface area contributed by atoms with Crippen LogP contribution in [-0.2, 0) is 24.0 Å². The van der Waals surface area contributed by atoms with E-state index in [4.69, 9.17) is 0 Å². The van der Waals surface area contributed by atoms with E-state index in [-0.39, 0.29) is 30.9 Å². The van der Waals surface area contributed by atoms with Gasteiger partial charge >= 0.3 is 5.97 Å². The third-order valence-electron chi connectivity index (χ3n) is 2.16. The van der Waals surface area contributed by atoms with Crippen LogP contribution in [0.2, 0.25) is 0 Å². The van der Waals surface area contributed by atoms with Gasteiger partial charge in [-0.3, -0.25) is 14.4 Å². The van der Waals surface area contributed by atoms with Gasteiger partial charge in [0.05, 0.1) is 12.2 Å². The minimum atomic E-state index is -0.650. The molecule has 0 atom stereocenters. The van der Waals surface area contributed by atoms with Crippen LogP contribution in [0.5, 0.6) is 0 Å². The van der Waals surface area contributed by atoms with Gasteiger partial charge in [-0.1, -0.05) is 0 Å². The molecule has 3 amide bonds. The molecule has 7 nitrogen and oxygen atoms in total. The average molecular weight is 274 g/mol. The van der Waals surface area contributed by atoms with Crippen LogP contribution in [0.15, 0.2) is 0 Å². The maximum absolute atomic E-state index is 11.3. The third-order valence-corrected chi connectivity index (χ3v) is 3.12. The van der Waals surface area contributed by atoms with Gasteiger partial charge in [-0.2, -0.15) is 11.8 Å². The Labute approximate surface area is 108 Å². The van der Waals surface area contributed by atoms with Crippen LogP contribution < -0.4 is 5.32 Å². The fraction of sp³-hybridized carbons (Fsp3) is 0.600. The van der Waals surface area contributed by atoms with Crippen LogP contribution in [0, 0.1) is 0 Å². The van der Waals surface area contributed by atoms with Gasteiger partial charge in [0, 0.05) is 25.6 Å². The molecule has 0 aliphatic carbocycles. The van der Waals surface area contributed by atoms with Crippen molar-refractivity contribution in [3.63, 3.8) is 0 Å². The minimum Gasteiger partial charge on any atom is -0.358 e. The zero-order valence-corrected chi connectivity index (χ0v) is 10.7. The Hall–Kier alpha value is -1.57. The molecule has 1 saturated heterocycles. The molecule has 1 N–H and O–H groups in total. The second-order valence-corrected chi connectivity index (χ2v) is 4.63. The van der Waals surface area contributed by atoms with E-state index in [2.05, 4.69) is 10.2 Å². The number of nitrogens with one attached hydrogen (secondary N) is 1. The van der Waals surface area contributed by atoms with Crippen LogP contribution in [0.4, 0.5) is 0 Å². The number of nitrogens with zero attached hydrogens (tertiary/aromatic N) is 1. The molecule has 0 saturated carbocycles. The van der Waals surface area contributed by atoms with Crippen LogP contribution in [-0.4, -0.2) is 47.3 Å². The number of carbonyl (C=O) groups excluding carboxylic acids is 4. The molecule has 0 aromatic carbocycles. The molecule has 0 radical (unpaired) electrons. The lowest BCUT2D eigenvalue weighted by Crippen LogP contribution is -2.32. The van der Waals surface area contributed by atoms with Gasteiger partial charge < -0.3 is 10.2 Å². The number of hydrogen-bond acceptors (Lipinski definition) is 6. The lowest BCUT2D eigenvalue weighted by molar-refractivity contribution is -0.197. The number of rotatable bonds is 6. The van der Waals surface area contributed by atoms with Crippen LogP contribution in [0.1, 0.15) is 19.3 Å². The van der Waals surface area contributed by atoms with Crippen molar-refractivity contribution in [1.82, 2.24) is 10.4 Å². The molecular weight excluding hydrogens is 260 g/mol. The molecule has 0 aromatic rings. The Morgan fingerprint density at radius 2 is 1.94 bits per heavy atom. The highest BCUT2D eigenvalue weighted by Gasteiger charge is 2.32. The Balaban J connectivity index is 2.20. The molecule has 1 aliphatic rings. The molecule has 100 valence electrons. The molecule has 18 heavy (non-hydrogen) atoms. The fourth-order valence-electron chi connectivity index (χ4n) is 1.20. The number of thioether (sulfide) groups is 1. The largest absolute Gasteiger partial charge is 0.358 e. The molecule has 0 spiro atoms. The Morgan fingerprint density at radius 1 is 1.33 bits per heavy atom. The molecule has 1 fully saturated rings. The van der Waals surface area contributed by atoms with Gasteiger partial charge in [0.2, 0.25) is 5.91 Å². The van der Waals surface area contributed by atoms with Crippen molar-refractivity contribution >= 4 is 35.5 Å². The highest BCUT2D eigenvalue weighted by molar-refractivity contribution is 7.99. The van der Waals surface area contributed by atoms with E-state index in [9.17, 15) is 19.2 Å². The lowest BCUT2D eigenvalue weighted by Gasteiger charge is -2.12. The lowest BCUT2D eigenvalue weighted by atomic mass is 10.4. The minimum absolute atomic E-state index is 0.0404.